The van der Waals surface area contributed by atoms with Crippen LogP contribution in [-0.4, -0.2) is 43.1 Å². The van der Waals surface area contributed by atoms with E-state index < -0.39 is 0 Å². The lowest BCUT2D eigenvalue weighted by molar-refractivity contribution is -0.124. The van der Waals surface area contributed by atoms with Crippen molar-refractivity contribution in [2.24, 2.45) is 0 Å². The molecule has 1 aromatic carbocycles. The Morgan fingerprint density at radius 3 is 2.71 bits per heavy atom. The number of carbonyl (C=O) groups excluding carboxylic acids is 2. The highest BCUT2D eigenvalue weighted by molar-refractivity contribution is 7.09. The van der Waals surface area contributed by atoms with Gasteiger partial charge in [0, 0.05) is 41.9 Å². The van der Waals surface area contributed by atoms with Crippen LogP contribution in [0.15, 0.2) is 41.8 Å². The number of morpholine rings is 1. The van der Waals surface area contributed by atoms with Crippen LogP contribution in [0.3, 0.4) is 0 Å². The zero-order valence-electron chi connectivity index (χ0n) is 17.5. The van der Waals surface area contributed by atoms with Crippen LogP contribution in [0.2, 0.25) is 0 Å². The SMILES string of the molecule is Cc1cc(N2CCOCC2)nc2ccc(NC(=O)CCC(=O)NCc3cccs3)cc12. The third-order valence-corrected chi connectivity index (χ3v) is 6.12. The van der Waals surface area contributed by atoms with Crippen LogP contribution in [0.1, 0.15) is 23.3 Å². The maximum absolute atomic E-state index is 12.3. The number of ether oxygens (including phenoxy) is 1. The predicted molar refractivity (Wildman–Crippen MR) is 124 cm³/mol. The molecule has 0 atom stereocenters. The maximum atomic E-state index is 12.3. The summed E-state index contributed by atoms with van der Waals surface area (Å²) in [7, 11) is 0. The second-order valence-electron chi connectivity index (χ2n) is 7.53. The molecule has 0 bridgehead atoms. The summed E-state index contributed by atoms with van der Waals surface area (Å²) in [5.41, 5.74) is 2.71. The molecule has 2 N–H and O–H groups in total. The number of amides is 2. The summed E-state index contributed by atoms with van der Waals surface area (Å²) in [4.78, 5) is 32.4. The number of aryl methyl sites for hydroxylation is 1. The van der Waals surface area contributed by atoms with Crippen LogP contribution in [0.25, 0.3) is 10.9 Å². The third kappa shape index (κ3) is 5.59. The first-order valence-corrected chi connectivity index (χ1v) is 11.3. The van der Waals surface area contributed by atoms with E-state index >= 15 is 0 Å². The van der Waals surface area contributed by atoms with E-state index in [0.29, 0.717) is 12.2 Å². The molecule has 0 aliphatic carbocycles. The number of rotatable bonds is 7. The highest BCUT2D eigenvalue weighted by Gasteiger charge is 2.15. The minimum Gasteiger partial charge on any atom is -0.378 e. The number of fused-ring (bicyclic) bond motifs is 1. The molecule has 1 saturated heterocycles. The zero-order valence-corrected chi connectivity index (χ0v) is 18.3. The fraction of sp³-hybridized carbons (Fsp3) is 0.348. The highest BCUT2D eigenvalue weighted by atomic mass is 32.1. The van der Waals surface area contributed by atoms with Crippen LogP contribution in [0.4, 0.5) is 11.5 Å². The van der Waals surface area contributed by atoms with Crippen molar-refractivity contribution < 1.29 is 14.3 Å². The first kappa shape index (κ1) is 21.3. The van der Waals surface area contributed by atoms with E-state index in [1.165, 1.54) is 0 Å². The van der Waals surface area contributed by atoms with Crippen molar-refractivity contribution in [2.45, 2.75) is 26.3 Å². The van der Waals surface area contributed by atoms with Gasteiger partial charge in [-0.05, 0) is 48.2 Å². The van der Waals surface area contributed by atoms with Gasteiger partial charge in [0.1, 0.15) is 5.82 Å². The Hall–Kier alpha value is -2.97. The molecule has 31 heavy (non-hydrogen) atoms. The Morgan fingerprint density at radius 2 is 1.94 bits per heavy atom. The number of pyridine rings is 1. The van der Waals surface area contributed by atoms with Crippen molar-refractivity contribution >= 4 is 45.6 Å². The molecule has 7 nitrogen and oxygen atoms in total. The van der Waals surface area contributed by atoms with Gasteiger partial charge < -0.3 is 20.3 Å². The molecule has 2 amide bonds. The summed E-state index contributed by atoms with van der Waals surface area (Å²) in [6.45, 7) is 5.67. The third-order valence-electron chi connectivity index (χ3n) is 5.24. The van der Waals surface area contributed by atoms with Crippen LogP contribution in [0.5, 0.6) is 0 Å². The number of carbonyl (C=O) groups is 2. The molecule has 4 rings (SSSR count). The zero-order chi connectivity index (χ0) is 21.6. The molecule has 1 aliphatic heterocycles. The van der Waals surface area contributed by atoms with Crippen molar-refractivity contribution in [1.29, 1.82) is 0 Å². The molecule has 8 heteroatoms. The predicted octanol–water partition coefficient (Wildman–Crippen LogP) is 3.48. The van der Waals surface area contributed by atoms with Gasteiger partial charge in [-0.1, -0.05) is 6.07 Å². The molecule has 162 valence electrons. The Balaban J connectivity index is 1.34. The number of nitrogens with zero attached hydrogens (tertiary/aromatic N) is 2. The topological polar surface area (TPSA) is 83.6 Å². The number of thiophene rings is 1. The quantitative estimate of drug-likeness (QED) is 0.590. The molecule has 2 aromatic heterocycles. The molecule has 3 heterocycles. The van der Waals surface area contributed by atoms with E-state index in [2.05, 4.69) is 28.5 Å². The average molecular weight is 439 g/mol. The van der Waals surface area contributed by atoms with Gasteiger partial charge in [0.25, 0.3) is 0 Å². The Morgan fingerprint density at radius 1 is 1.13 bits per heavy atom. The lowest BCUT2D eigenvalue weighted by Crippen LogP contribution is -2.36. The minimum absolute atomic E-state index is 0.127. The fourth-order valence-electron chi connectivity index (χ4n) is 3.55. The molecule has 0 spiro atoms. The summed E-state index contributed by atoms with van der Waals surface area (Å²) in [6.07, 6.45) is 0.301. The molecule has 0 saturated carbocycles. The maximum Gasteiger partial charge on any atom is 0.224 e. The summed E-state index contributed by atoms with van der Waals surface area (Å²) in [6, 6.07) is 11.7. The Labute approximate surface area is 185 Å². The van der Waals surface area contributed by atoms with Crippen LogP contribution < -0.4 is 15.5 Å². The normalized spacial score (nSPS) is 13.9. The van der Waals surface area contributed by atoms with Gasteiger partial charge in [0.15, 0.2) is 0 Å². The first-order chi connectivity index (χ1) is 15.1. The van der Waals surface area contributed by atoms with Crippen LogP contribution in [0, 0.1) is 6.92 Å². The van der Waals surface area contributed by atoms with Crippen molar-refractivity contribution in [1.82, 2.24) is 10.3 Å². The lowest BCUT2D eigenvalue weighted by Gasteiger charge is -2.28. The summed E-state index contributed by atoms with van der Waals surface area (Å²) in [5.74, 6) is 0.651. The molecule has 1 aliphatic rings. The standard InChI is InChI=1S/C23H26N4O3S/c1-16-13-21(27-8-10-30-11-9-27)26-20-5-4-17(14-19(16)20)25-23(29)7-6-22(28)24-15-18-3-2-12-31-18/h2-5,12-14H,6-11,15H2,1H3,(H,24,28)(H,25,29). The lowest BCUT2D eigenvalue weighted by atomic mass is 10.1. The Kier molecular flexibility index (Phi) is 6.79. The number of nitrogens with one attached hydrogen (secondary N) is 2. The number of hydrogen-bond acceptors (Lipinski definition) is 6. The van der Waals surface area contributed by atoms with Crippen molar-refractivity contribution in [3.8, 4) is 0 Å². The largest absolute Gasteiger partial charge is 0.378 e. The Bertz CT molecular complexity index is 1060. The van der Waals surface area contributed by atoms with Gasteiger partial charge in [-0.15, -0.1) is 11.3 Å². The number of anilines is 2. The van der Waals surface area contributed by atoms with Gasteiger partial charge in [-0.3, -0.25) is 9.59 Å². The summed E-state index contributed by atoms with van der Waals surface area (Å²) in [5, 5.41) is 8.71. The fourth-order valence-corrected chi connectivity index (χ4v) is 4.19. The highest BCUT2D eigenvalue weighted by Crippen LogP contribution is 2.26. The van der Waals surface area contributed by atoms with E-state index in [1.54, 1.807) is 11.3 Å². The van der Waals surface area contributed by atoms with Gasteiger partial charge in [-0.2, -0.15) is 0 Å². The van der Waals surface area contributed by atoms with Crippen molar-refractivity contribution in [2.75, 3.05) is 36.5 Å². The molecular formula is C23H26N4O3S. The van der Waals surface area contributed by atoms with Crippen LogP contribution in [-0.2, 0) is 20.9 Å². The van der Waals surface area contributed by atoms with Gasteiger partial charge in [0.05, 0.1) is 25.3 Å². The van der Waals surface area contributed by atoms with Gasteiger partial charge in [0.2, 0.25) is 11.8 Å². The monoisotopic (exact) mass is 438 g/mol. The molecule has 0 radical (unpaired) electrons. The molecule has 1 fully saturated rings. The molecule has 3 aromatic rings. The molecule has 0 unspecified atom stereocenters. The smallest absolute Gasteiger partial charge is 0.224 e. The van der Waals surface area contributed by atoms with Gasteiger partial charge in [-0.25, -0.2) is 4.98 Å². The van der Waals surface area contributed by atoms with E-state index in [1.807, 2.05) is 35.7 Å². The minimum atomic E-state index is -0.179. The number of hydrogen-bond donors (Lipinski definition) is 2. The average Bonchev–Trinajstić information content (AvgIpc) is 3.31. The molecular weight excluding hydrogens is 412 g/mol. The number of aromatic nitrogens is 1. The van der Waals surface area contributed by atoms with Gasteiger partial charge >= 0.3 is 0 Å². The second-order valence-corrected chi connectivity index (χ2v) is 8.57. The van der Waals surface area contributed by atoms with Crippen LogP contribution >= 0.6 is 11.3 Å². The van der Waals surface area contributed by atoms with Crippen molar-refractivity contribution in [3.63, 3.8) is 0 Å². The van der Waals surface area contributed by atoms with E-state index in [4.69, 9.17) is 9.72 Å². The summed E-state index contributed by atoms with van der Waals surface area (Å²) >= 11 is 1.59. The van der Waals surface area contributed by atoms with E-state index in [9.17, 15) is 9.59 Å². The van der Waals surface area contributed by atoms with E-state index in [-0.39, 0.29) is 24.7 Å². The number of benzene rings is 1. The van der Waals surface area contributed by atoms with Crippen molar-refractivity contribution in [3.05, 3.63) is 52.2 Å². The van der Waals surface area contributed by atoms with E-state index in [0.717, 1.165) is 53.5 Å². The summed E-state index contributed by atoms with van der Waals surface area (Å²) < 4.78 is 5.42. The second kappa shape index (κ2) is 9.89. The first-order valence-electron chi connectivity index (χ1n) is 10.4.